The van der Waals surface area contributed by atoms with Crippen molar-refractivity contribution in [3.63, 3.8) is 0 Å². The van der Waals surface area contributed by atoms with Gasteiger partial charge in [-0.3, -0.25) is 4.79 Å². The van der Waals surface area contributed by atoms with Crippen molar-refractivity contribution in [1.82, 2.24) is 0 Å². The highest BCUT2D eigenvalue weighted by Crippen LogP contribution is 2.13. The fourth-order valence-electron chi connectivity index (χ4n) is 1.91. The van der Waals surface area contributed by atoms with Crippen molar-refractivity contribution < 1.29 is 9.53 Å². The van der Waals surface area contributed by atoms with Crippen LogP contribution in [0.2, 0.25) is 0 Å². The maximum Gasteiger partial charge on any atom is 0.319 e. The van der Waals surface area contributed by atoms with Crippen LogP contribution >= 0.6 is 12.6 Å². The van der Waals surface area contributed by atoms with Crippen LogP contribution in [0.15, 0.2) is 30.3 Å². The number of carbonyl (C=O) groups excluding carboxylic acids is 1. The van der Waals surface area contributed by atoms with E-state index >= 15 is 0 Å². The molecule has 2 unspecified atom stereocenters. The number of hydrogen-bond donors (Lipinski definition) is 1. The fraction of sp³-hybridized carbons (Fsp3) is 0.533. The second kappa shape index (κ2) is 7.47. The first-order chi connectivity index (χ1) is 8.49. The highest BCUT2D eigenvalue weighted by Gasteiger charge is 2.19. The van der Waals surface area contributed by atoms with Gasteiger partial charge in [0.05, 0.1) is 6.10 Å². The first kappa shape index (κ1) is 15.1. The minimum absolute atomic E-state index is 0.0390. The van der Waals surface area contributed by atoms with Crippen LogP contribution in [0.25, 0.3) is 0 Å². The molecule has 0 N–H and O–H groups in total. The Labute approximate surface area is 115 Å². The Balaban J connectivity index is 2.42. The third kappa shape index (κ3) is 5.58. The Morgan fingerprint density at radius 3 is 2.39 bits per heavy atom. The Morgan fingerprint density at radius 1 is 1.22 bits per heavy atom. The summed E-state index contributed by atoms with van der Waals surface area (Å²) >= 11 is 4.33. The van der Waals surface area contributed by atoms with E-state index in [2.05, 4.69) is 26.5 Å². The van der Waals surface area contributed by atoms with Crippen molar-refractivity contribution in [1.29, 1.82) is 0 Å². The van der Waals surface area contributed by atoms with Gasteiger partial charge in [0.15, 0.2) is 0 Å². The molecule has 1 rings (SSSR count). The normalized spacial score (nSPS) is 14.3. The maximum absolute atomic E-state index is 11.8. The summed E-state index contributed by atoms with van der Waals surface area (Å²) in [5.41, 5.74) is 1.10. The van der Waals surface area contributed by atoms with Gasteiger partial charge in [-0.1, -0.05) is 44.2 Å². The average Bonchev–Trinajstić information content (AvgIpc) is 2.28. The minimum atomic E-state index is -0.387. The smallest absolute Gasteiger partial charge is 0.319 e. The molecule has 0 amide bonds. The summed E-state index contributed by atoms with van der Waals surface area (Å²) in [6.07, 6.45) is 1.46. The number of rotatable bonds is 6. The lowest BCUT2D eigenvalue weighted by molar-refractivity contribution is -0.148. The van der Waals surface area contributed by atoms with Crippen LogP contribution in [0.1, 0.15) is 32.8 Å². The molecule has 0 bridgehead atoms. The molecule has 0 saturated heterocycles. The summed E-state index contributed by atoms with van der Waals surface area (Å²) in [4.78, 5) is 11.8. The molecule has 2 nitrogen and oxygen atoms in total. The second-order valence-corrected chi connectivity index (χ2v) is 5.71. The monoisotopic (exact) mass is 266 g/mol. The molecule has 2 atom stereocenters. The lowest BCUT2D eigenvalue weighted by Crippen LogP contribution is -2.25. The first-order valence-corrected chi connectivity index (χ1v) is 6.93. The van der Waals surface area contributed by atoms with Crippen LogP contribution in [0, 0.1) is 5.92 Å². The Kier molecular flexibility index (Phi) is 6.27. The third-order valence-electron chi connectivity index (χ3n) is 2.66. The van der Waals surface area contributed by atoms with Crippen molar-refractivity contribution in [2.45, 2.75) is 45.0 Å². The molecule has 1 aromatic carbocycles. The van der Waals surface area contributed by atoms with E-state index in [0.29, 0.717) is 12.3 Å². The molecule has 0 saturated carbocycles. The van der Waals surface area contributed by atoms with Crippen molar-refractivity contribution in [2.75, 3.05) is 0 Å². The molecule has 0 heterocycles. The van der Waals surface area contributed by atoms with E-state index in [1.54, 1.807) is 0 Å². The number of thiol groups is 1. The molecule has 0 aliphatic carbocycles. The highest BCUT2D eigenvalue weighted by atomic mass is 32.1. The van der Waals surface area contributed by atoms with Gasteiger partial charge in [0.1, 0.15) is 5.25 Å². The Bertz CT molecular complexity index is 362. The fourth-order valence-corrected chi connectivity index (χ4v) is 2.18. The number of ether oxygens (including phenoxy) is 1. The number of hydrogen-bond acceptors (Lipinski definition) is 3. The van der Waals surface area contributed by atoms with E-state index in [-0.39, 0.29) is 17.3 Å². The van der Waals surface area contributed by atoms with Crippen molar-refractivity contribution in [3.8, 4) is 0 Å². The Morgan fingerprint density at radius 2 is 1.83 bits per heavy atom. The van der Waals surface area contributed by atoms with Crippen LogP contribution in [0.5, 0.6) is 0 Å². The minimum Gasteiger partial charge on any atom is -0.462 e. The van der Waals surface area contributed by atoms with Gasteiger partial charge in [-0.25, -0.2) is 0 Å². The third-order valence-corrected chi connectivity index (χ3v) is 3.06. The SMILES string of the molecule is CC(C)CC(C)OC(=O)C(S)Cc1ccccc1. The highest BCUT2D eigenvalue weighted by molar-refractivity contribution is 7.81. The van der Waals surface area contributed by atoms with E-state index in [1.807, 2.05) is 37.3 Å². The van der Waals surface area contributed by atoms with Crippen molar-refractivity contribution >= 4 is 18.6 Å². The second-order valence-electron chi connectivity index (χ2n) is 5.08. The predicted molar refractivity (Wildman–Crippen MR) is 77.9 cm³/mol. The van der Waals surface area contributed by atoms with Gasteiger partial charge in [0.2, 0.25) is 0 Å². The number of carbonyl (C=O) groups is 1. The van der Waals surface area contributed by atoms with Crippen LogP contribution in [-0.4, -0.2) is 17.3 Å². The van der Waals surface area contributed by atoms with Gasteiger partial charge in [-0.15, -0.1) is 0 Å². The zero-order chi connectivity index (χ0) is 13.5. The molecule has 0 aliphatic heterocycles. The van der Waals surface area contributed by atoms with Crippen LogP contribution in [0.3, 0.4) is 0 Å². The zero-order valence-corrected chi connectivity index (χ0v) is 12.2. The predicted octanol–water partition coefficient (Wildman–Crippen LogP) is 3.51. The number of esters is 1. The van der Waals surface area contributed by atoms with Gasteiger partial charge in [0.25, 0.3) is 0 Å². The lowest BCUT2D eigenvalue weighted by atomic mass is 10.1. The topological polar surface area (TPSA) is 26.3 Å². The molecule has 0 fully saturated rings. The molecule has 100 valence electrons. The molecule has 0 spiro atoms. The average molecular weight is 266 g/mol. The maximum atomic E-state index is 11.8. The molecule has 0 aliphatic rings. The standard InChI is InChI=1S/C15H22O2S/c1-11(2)9-12(3)17-15(16)14(18)10-13-7-5-4-6-8-13/h4-8,11-12,14,18H,9-10H2,1-3H3. The van der Waals surface area contributed by atoms with E-state index in [1.165, 1.54) is 0 Å². The molecule has 18 heavy (non-hydrogen) atoms. The number of benzene rings is 1. The largest absolute Gasteiger partial charge is 0.462 e. The van der Waals surface area contributed by atoms with E-state index in [4.69, 9.17) is 4.74 Å². The van der Waals surface area contributed by atoms with Crippen LogP contribution in [-0.2, 0) is 16.0 Å². The van der Waals surface area contributed by atoms with Crippen LogP contribution < -0.4 is 0 Å². The zero-order valence-electron chi connectivity index (χ0n) is 11.3. The summed E-state index contributed by atoms with van der Waals surface area (Å²) in [5, 5.41) is -0.387. The van der Waals surface area contributed by atoms with E-state index in [0.717, 1.165) is 12.0 Å². The Hall–Kier alpha value is -0.960. The summed E-state index contributed by atoms with van der Waals surface area (Å²) in [6, 6.07) is 9.87. The summed E-state index contributed by atoms with van der Waals surface area (Å²) in [6.45, 7) is 6.17. The molecule has 3 heteroatoms. The summed E-state index contributed by atoms with van der Waals surface area (Å²) < 4.78 is 5.38. The molecule has 0 aromatic heterocycles. The van der Waals surface area contributed by atoms with E-state index in [9.17, 15) is 4.79 Å². The van der Waals surface area contributed by atoms with Crippen molar-refractivity contribution in [2.24, 2.45) is 5.92 Å². The van der Waals surface area contributed by atoms with Gasteiger partial charge < -0.3 is 4.74 Å². The van der Waals surface area contributed by atoms with Gasteiger partial charge in [-0.05, 0) is 31.2 Å². The lowest BCUT2D eigenvalue weighted by Gasteiger charge is -2.18. The van der Waals surface area contributed by atoms with E-state index < -0.39 is 0 Å². The first-order valence-electron chi connectivity index (χ1n) is 6.41. The molecular formula is C15H22O2S. The molecule has 0 radical (unpaired) electrons. The van der Waals surface area contributed by atoms with Gasteiger partial charge >= 0.3 is 5.97 Å². The quantitative estimate of drug-likeness (QED) is 0.630. The van der Waals surface area contributed by atoms with Gasteiger partial charge in [-0.2, -0.15) is 12.6 Å². The molecular weight excluding hydrogens is 244 g/mol. The summed E-state index contributed by atoms with van der Waals surface area (Å²) in [5.74, 6) is 0.302. The van der Waals surface area contributed by atoms with Gasteiger partial charge in [0, 0.05) is 0 Å². The summed E-state index contributed by atoms with van der Waals surface area (Å²) in [7, 11) is 0. The van der Waals surface area contributed by atoms with Crippen LogP contribution in [0.4, 0.5) is 0 Å². The van der Waals surface area contributed by atoms with Crippen molar-refractivity contribution in [3.05, 3.63) is 35.9 Å². The molecule has 1 aromatic rings.